The van der Waals surface area contributed by atoms with Crippen LogP contribution in [0.3, 0.4) is 0 Å². The van der Waals surface area contributed by atoms with E-state index in [4.69, 9.17) is 10.5 Å². The van der Waals surface area contributed by atoms with E-state index in [2.05, 4.69) is 43.1 Å². The molecule has 3 nitrogen and oxygen atoms in total. The Bertz CT molecular complexity index is 664. The highest BCUT2D eigenvalue weighted by molar-refractivity contribution is 5.50. The first kappa shape index (κ1) is 16.0. The number of fused-ring (bicyclic) bond motifs is 4. The molecule has 0 amide bonds. The van der Waals surface area contributed by atoms with Gasteiger partial charge in [-0.15, -0.1) is 0 Å². The molecule has 0 radical (unpaired) electrons. The summed E-state index contributed by atoms with van der Waals surface area (Å²) < 4.78 is 5.53. The van der Waals surface area contributed by atoms with Crippen molar-refractivity contribution < 1.29 is 4.74 Å². The van der Waals surface area contributed by atoms with E-state index in [-0.39, 0.29) is 5.41 Å². The fourth-order valence-electron chi connectivity index (χ4n) is 5.26. The van der Waals surface area contributed by atoms with Gasteiger partial charge in [-0.05, 0) is 86.0 Å². The number of methoxy groups -OCH3 is 1. The molecule has 1 aromatic rings. The molecule has 3 atom stereocenters. The van der Waals surface area contributed by atoms with E-state index in [0.29, 0.717) is 12.0 Å². The third-order valence-electron chi connectivity index (χ3n) is 6.77. The van der Waals surface area contributed by atoms with Crippen LogP contribution < -0.4 is 10.5 Å². The zero-order chi connectivity index (χ0) is 16.9. The number of ether oxygens (including phenoxy) is 1. The number of hydrogen-bond acceptors (Lipinski definition) is 3. The molecule has 0 saturated heterocycles. The van der Waals surface area contributed by atoms with Crippen molar-refractivity contribution in [3.8, 4) is 5.75 Å². The molecule has 2 bridgehead atoms. The smallest absolute Gasteiger partial charge is 0.119 e. The van der Waals surface area contributed by atoms with Crippen LogP contribution in [0.2, 0.25) is 0 Å². The molecule has 1 aliphatic heterocycles. The normalized spacial score (nSPS) is 31.5. The number of hydrogen-bond donors (Lipinski definition) is 1. The molecule has 3 heteroatoms. The standard InChI is InChI=1S/C21H30N2O/c1-14-12-23(13-16-4-5-16)20-10-17-6-7-18(24-3)11-19(17)21(14,8-9-22)15(20)2/h6-7,11-12,15-16,20H,4-5,8-10,13,22H2,1-3H3/t15-,20+,21+/m0/s1. The zero-order valence-electron chi connectivity index (χ0n) is 15.2. The minimum Gasteiger partial charge on any atom is -0.497 e. The van der Waals surface area contributed by atoms with Crippen LogP contribution in [0.1, 0.15) is 44.2 Å². The van der Waals surface area contributed by atoms with Crippen molar-refractivity contribution in [3.63, 3.8) is 0 Å². The number of nitrogens with zero attached hydrogens (tertiary/aromatic N) is 1. The molecule has 0 unspecified atom stereocenters. The van der Waals surface area contributed by atoms with Crippen LogP contribution in [0, 0.1) is 11.8 Å². The summed E-state index contributed by atoms with van der Waals surface area (Å²) in [5.74, 6) is 2.47. The average Bonchev–Trinajstić information content (AvgIpc) is 3.39. The maximum absolute atomic E-state index is 6.10. The van der Waals surface area contributed by atoms with Gasteiger partial charge in [-0.2, -0.15) is 0 Å². The van der Waals surface area contributed by atoms with E-state index in [9.17, 15) is 0 Å². The maximum atomic E-state index is 6.10. The minimum atomic E-state index is 0.0710. The predicted octanol–water partition coefficient (Wildman–Crippen LogP) is 3.47. The average molecular weight is 326 g/mol. The van der Waals surface area contributed by atoms with Crippen molar-refractivity contribution in [1.29, 1.82) is 0 Å². The lowest BCUT2D eigenvalue weighted by molar-refractivity contribution is 0.105. The van der Waals surface area contributed by atoms with Crippen molar-refractivity contribution in [3.05, 3.63) is 41.1 Å². The number of allylic oxidation sites excluding steroid dienone is 1. The van der Waals surface area contributed by atoms with Gasteiger partial charge in [0.05, 0.1) is 7.11 Å². The van der Waals surface area contributed by atoms with Crippen molar-refractivity contribution in [2.24, 2.45) is 17.6 Å². The Morgan fingerprint density at radius 2 is 2.12 bits per heavy atom. The number of nitrogens with two attached hydrogens (primary N) is 1. The van der Waals surface area contributed by atoms with Crippen LogP contribution in [0.5, 0.6) is 5.75 Å². The molecule has 24 heavy (non-hydrogen) atoms. The first-order valence-corrected chi connectivity index (χ1v) is 9.42. The topological polar surface area (TPSA) is 38.5 Å². The van der Waals surface area contributed by atoms with Crippen LogP contribution in [-0.4, -0.2) is 31.1 Å². The Morgan fingerprint density at radius 1 is 1.33 bits per heavy atom. The van der Waals surface area contributed by atoms with Gasteiger partial charge in [0.15, 0.2) is 0 Å². The van der Waals surface area contributed by atoms with E-state index >= 15 is 0 Å². The molecule has 1 aromatic carbocycles. The molecule has 130 valence electrons. The minimum absolute atomic E-state index is 0.0710. The van der Waals surface area contributed by atoms with Crippen molar-refractivity contribution in [2.45, 2.75) is 51.0 Å². The van der Waals surface area contributed by atoms with Gasteiger partial charge in [0.1, 0.15) is 5.75 Å². The summed E-state index contributed by atoms with van der Waals surface area (Å²) in [6.07, 6.45) is 7.44. The lowest BCUT2D eigenvalue weighted by Crippen LogP contribution is -2.56. The van der Waals surface area contributed by atoms with Gasteiger partial charge in [0.2, 0.25) is 0 Å². The van der Waals surface area contributed by atoms with E-state index < -0.39 is 0 Å². The Hall–Kier alpha value is -1.48. The summed E-state index contributed by atoms with van der Waals surface area (Å²) in [4.78, 5) is 2.65. The predicted molar refractivity (Wildman–Crippen MR) is 98.2 cm³/mol. The van der Waals surface area contributed by atoms with Crippen LogP contribution >= 0.6 is 0 Å². The van der Waals surface area contributed by atoms with Crippen LogP contribution in [0.25, 0.3) is 0 Å². The zero-order valence-corrected chi connectivity index (χ0v) is 15.2. The second-order valence-corrected chi connectivity index (χ2v) is 8.05. The quantitative estimate of drug-likeness (QED) is 0.900. The summed E-state index contributed by atoms with van der Waals surface area (Å²) in [6, 6.07) is 7.27. The Kier molecular flexibility index (Phi) is 3.87. The molecule has 1 fully saturated rings. The second kappa shape index (κ2) is 5.80. The van der Waals surface area contributed by atoms with Gasteiger partial charge >= 0.3 is 0 Å². The second-order valence-electron chi connectivity index (χ2n) is 8.05. The molecule has 0 aromatic heterocycles. The number of benzene rings is 1. The molecular formula is C21H30N2O. The van der Waals surface area contributed by atoms with E-state index in [1.165, 1.54) is 36.1 Å². The molecule has 0 spiro atoms. The highest BCUT2D eigenvalue weighted by Gasteiger charge is 2.51. The molecular weight excluding hydrogens is 296 g/mol. The van der Waals surface area contributed by atoms with Gasteiger partial charge in [0.25, 0.3) is 0 Å². The summed E-state index contributed by atoms with van der Waals surface area (Å²) in [5.41, 5.74) is 10.6. The summed E-state index contributed by atoms with van der Waals surface area (Å²) in [5, 5.41) is 0. The monoisotopic (exact) mass is 326 g/mol. The summed E-state index contributed by atoms with van der Waals surface area (Å²) in [6.45, 7) is 6.72. The van der Waals surface area contributed by atoms with Gasteiger partial charge in [-0.25, -0.2) is 0 Å². The highest BCUT2D eigenvalue weighted by Crippen LogP contribution is 2.53. The first-order valence-electron chi connectivity index (χ1n) is 9.42. The Labute approximate surface area is 145 Å². The van der Waals surface area contributed by atoms with Gasteiger partial charge < -0.3 is 15.4 Å². The Morgan fingerprint density at radius 3 is 2.79 bits per heavy atom. The summed E-state index contributed by atoms with van der Waals surface area (Å²) >= 11 is 0. The lowest BCUT2D eigenvalue weighted by Gasteiger charge is -2.55. The fraction of sp³-hybridized carbons (Fsp3) is 0.619. The van der Waals surface area contributed by atoms with Crippen molar-refractivity contribution >= 4 is 0 Å². The van der Waals surface area contributed by atoms with Gasteiger partial charge in [-0.3, -0.25) is 0 Å². The number of rotatable bonds is 5. The van der Waals surface area contributed by atoms with Crippen LogP contribution in [-0.2, 0) is 11.8 Å². The van der Waals surface area contributed by atoms with Crippen LogP contribution in [0.4, 0.5) is 0 Å². The Balaban J connectivity index is 1.84. The largest absolute Gasteiger partial charge is 0.497 e. The molecule has 2 N–H and O–H groups in total. The van der Waals surface area contributed by atoms with Crippen LogP contribution in [0.15, 0.2) is 30.0 Å². The molecule has 1 saturated carbocycles. The summed E-state index contributed by atoms with van der Waals surface area (Å²) in [7, 11) is 1.76. The first-order chi connectivity index (χ1) is 11.6. The third-order valence-corrected chi connectivity index (χ3v) is 6.77. The molecule has 2 aliphatic carbocycles. The molecule has 3 aliphatic rings. The maximum Gasteiger partial charge on any atom is 0.119 e. The van der Waals surface area contributed by atoms with Gasteiger partial charge in [-0.1, -0.05) is 13.0 Å². The molecule has 1 heterocycles. The fourth-order valence-corrected chi connectivity index (χ4v) is 5.26. The van der Waals surface area contributed by atoms with Crippen molar-refractivity contribution in [2.75, 3.05) is 20.2 Å². The third kappa shape index (κ3) is 2.28. The van der Waals surface area contributed by atoms with E-state index in [1.807, 2.05) is 0 Å². The SMILES string of the molecule is COc1ccc2c(c1)[C@]1(CCN)C(C)=CN(CC3CC3)[C@H](C2)[C@@H]1C. The lowest BCUT2D eigenvalue weighted by atomic mass is 9.55. The van der Waals surface area contributed by atoms with Gasteiger partial charge in [0, 0.05) is 18.0 Å². The van der Waals surface area contributed by atoms with E-state index in [1.54, 1.807) is 7.11 Å². The van der Waals surface area contributed by atoms with Crippen molar-refractivity contribution in [1.82, 2.24) is 4.90 Å². The highest BCUT2D eigenvalue weighted by atomic mass is 16.5. The molecule has 4 rings (SSSR count). The van der Waals surface area contributed by atoms with E-state index in [0.717, 1.165) is 31.1 Å².